The van der Waals surface area contributed by atoms with Gasteiger partial charge in [-0.25, -0.2) is 0 Å². The Morgan fingerprint density at radius 2 is 2.18 bits per heavy atom. The average molecular weight is 345 g/mol. The van der Waals surface area contributed by atoms with E-state index in [0.29, 0.717) is 12.6 Å². The number of ketones is 1. The number of hydrogen-bond donors (Lipinski definition) is 0. The van der Waals surface area contributed by atoms with Crippen LogP contribution < -0.4 is 0 Å². The molecule has 1 aliphatic heterocycles. The van der Waals surface area contributed by atoms with Crippen molar-refractivity contribution in [3.05, 3.63) is 33.4 Å². The maximum Gasteiger partial charge on any atom is 0.176 e. The standard InChI is InChI=1S/C13H16INO2/c1-10-9-17-7-6-15(10)8-13(16)11-2-4-12(14)5-3-11/h2-5,10H,6-9H2,1H3. The molecule has 1 aromatic carbocycles. The van der Waals surface area contributed by atoms with Crippen LogP contribution in [0.3, 0.4) is 0 Å². The second kappa shape index (κ2) is 5.93. The Morgan fingerprint density at radius 1 is 1.47 bits per heavy atom. The largest absolute Gasteiger partial charge is 0.379 e. The Morgan fingerprint density at radius 3 is 2.82 bits per heavy atom. The predicted octanol–water partition coefficient (Wildman–Crippen LogP) is 2.19. The van der Waals surface area contributed by atoms with Crippen LogP contribution in [0.1, 0.15) is 17.3 Å². The zero-order valence-electron chi connectivity index (χ0n) is 9.86. The van der Waals surface area contributed by atoms with Crippen LogP contribution >= 0.6 is 22.6 Å². The van der Waals surface area contributed by atoms with Crippen LogP contribution in [0.2, 0.25) is 0 Å². The fourth-order valence-corrected chi connectivity index (χ4v) is 2.27. The number of hydrogen-bond acceptors (Lipinski definition) is 3. The van der Waals surface area contributed by atoms with E-state index in [1.54, 1.807) is 0 Å². The summed E-state index contributed by atoms with van der Waals surface area (Å²) in [6, 6.07) is 8.06. The summed E-state index contributed by atoms with van der Waals surface area (Å²) in [5, 5.41) is 0. The van der Waals surface area contributed by atoms with E-state index in [9.17, 15) is 4.79 Å². The van der Waals surface area contributed by atoms with Gasteiger partial charge < -0.3 is 4.74 Å². The van der Waals surface area contributed by atoms with Crippen molar-refractivity contribution in [1.82, 2.24) is 4.90 Å². The lowest BCUT2D eigenvalue weighted by Crippen LogP contribution is -2.45. The first kappa shape index (κ1) is 13.0. The summed E-state index contributed by atoms with van der Waals surface area (Å²) in [7, 11) is 0. The van der Waals surface area contributed by atoms with Gasteiger partial charge in [0.25, 0.3) is 0 Å². The summed E-state index contributed by atoms with van der Waals surface area (Å²) in [6.07, 6.45) is 0. The Bertz CT molecular complexity index is 391. The van der Waals surface area contributed by atoms with Crippen LogP contribution in [0, 0.1) is 3.57 Å². The highest BCUT2D eigenvalue weighted by Crippen LogP contribution is 2.11. The van der Waals surface area contributed by atoms with Crippen LogP contribution in [0.25, 0.3) is 0 Å². The number of carbonyl (C=O) groups excluding carboxylic acids is 1. The van der Waals surface area contributed by atoms with Gasteiger partial charge in [-0.1, -0.05) is 12.1 Å². The maximum atomic E-state index is 12.1. The monoisotopic (exact) mass is 345 g/mol. The topological polar surface area (TPSA) is 29.5 Å². The molecule has 1 aliphatic rings. The third-order valence-corrected chi connectivity index (χ3v) is 3.74. The summed E-state index contributed by atoms with van der Waals surface area (Å²) in [6.45, 7) is 4.88. The zero-order valence-corrected chi connectivity index (χ0v) is 12.0. The van der Waals surface area contributed by atoms with Crippen molar-refractivity contribution in [3.63, 3.8) is 0 Å². The van der Waals surface area contributed by atoms with E-state index in [1.807, 2.05) is 24.3 Å². The highest BCUT2D eigenvalue weighted by atomic mass is 127. The lowest BCUT2D eigenvalue weighted by Gasteiger charge is -2.32. The summed E-state index contributed by atoms with van der Waals surface area (Å²) in [4.78, 5) is 14.3. The Hall–Kier alpha value is -0.460. The molecular formula is C13H16INO2. The molecule has 0 aliphatic carbocycles. The number of Topliss-reactive ketones (excluding diaryl/α,β-unsaturated/α-hetero) is 1. The molecule has 0 aromatic heterocycles. The molecule has 1 saturated heterocycles. The van der Waals surface area contributed by atoms with Crippen LogP contribution in [-0.4, -0.2) is 43.0 Å². The van der Waals surface area contributed by atoms with Gasteiger partial charge in [-0.15, -0.1) is 0 Å². The molecule has 17 heavy (non-hydrogen) atoms. The molecule has 92 valence electrons. The normalized spacial score (nSPS) is 21.4. The van der Waals surface area contributed by atoms with Crippen LogP contribution in [-0.2, 0) is 4.74 Å². The second-order valence-corrected chi connectivity index (χ2v) is 5.57. The Kier molecular flexibility index (Phi) is 4.53. The fourth-order valence-electron chi connectivity index (χ4n) is 1.91. The van der Waals surface area contributed by atoms with E-state index in [1.165, 1.54) is 0 Å². The summed E-state index contributed by atoms with van der Waals surface area (Å²) in [5.41, 5.74) is 0.795. The van der Waals surface area contributed by atoms with Gasteiger partial charge in [0.05, 0.1) is 19.8 Å². The predicted molar refractivity (Wildman–Crippen MR) is 75.3 cm³/mol. The third kappa shape index (κ3) is 3.50. The molecule has 0 spiro atoms. The summed E-state index contributed by atoms with van der Waals surface area (Å²) in [5.74, 6) is 0.190. The van der Waals surface area contributed by atoms with Crippen molar-refractivity contribution in [2.75, 3.05) is 26.3 Å². The smallest absolute Gasteiger partial charge is 0.176 e. The van der Waals surface area contributed by atoms with E-state index >= 15 is 0 Å². The molecule has 0 amide bonds. The number of carbonyl (C=O) groups is 1. The van der Waals surface area contributed by atoms with Gasteiger partial charge >= 0.3 is 0 Å². The molecule has 0 bridgehead atoms. The molecule has 1 unspecified atom stereocenters. The number of benzene rings is 1. The van der Waals surface area contributed by atoms with Gasteiger partial charge in [0.15, 0.2) is 5.78 Å². The van der Waals surface area contributed by atoms with Gasteiger partial charge in [0.1, 0.15) is 0 Å². The molecule has 1 aromatic rings. The van der Waals surface area contributed by atoms with Crippen molar-refractivity contribution in [3.8, 4) is 0 Å². The van der Waals surface area contributed by atoms with Gasteiger partial charge in [0, 0.05) is 21.7 Å². The van der Waals surface area contributed by atoms with E-state index in [0.717, 1.165) is 28.9 Å². The molecule has 1 fully saturated rings. The number of morpholine rings is 1. The lowest BCUT2D eigenvalue weighted by atomic mass is 10.1. The molecular weight excluding hydrogens is 329 g/mol. The van der Waals surface area contributed by atoms with Crippen molar-refractivity contribution in [2.24, 2.45) is 0 Å². The molecule has 0 radical (unpaired) electrons. The molecule has 1 heterocycles. The highest BCUT2D eigenvalue weighted by molar-refractivity contribution is 14.1. The van der Waals surface area contributed by atoms with E-state index in [-0.39, 0.29) is 5.78 Å². The van der Waals surface area contributed by atoms with Gasteiger partial charge in [0.2, 0.25) is 0 Å². The quantitative estimate of drug-likeness (QED) is 0.621. The second-order valence-electron chi connectivity index (χ2n) is 4.32. The lowest BCUT2D eigenvalue weighted by molar-refractivity contribution is 0.00201. The number of rotatable bonds is 3. The minimum atomic E-state index is 0.190. The fraction of sp³-hybridized carbons (Fsp3) is 0.462. The highest BCUT2D eigenvalue weighted by Gasteiger charge is 2.21. The number of nitrogens with zero attached hydrogens (tertiary/aromatic N) is 1. The van der Waals surface area contributed by atoms with Crippen molar-refractivity contribution in [1.29, 1.82) is 0 Å². The zero-order chi connectivity index (χ0) is 12.3. The van der Waals surface area contributed by atoms with Gasteiger partial charge in [-0.05, 0) is 41.6 Å². The Labute approximate surface area is 115 Å². The minimum absolute atomic E-state index is 0.190. The molecule has 3 nitrogen and oxygen atoms in total. The van der Waals surface area contributed by atoms with Gasteiger partial charge in [-0.3, -0.25) is 9.69 Å². The van der Waals surface area contributed by atoms with Crippen molar-refractivity contribution >= 4 is 28.4 Å². The first-order valence-corrected chi connectivity index (χ1v) is 6.85. The molecule has 4 heteroatoms. The van der Waals surface area contributed by atoms with Crippen LogP contribution in [0.4, 0.5) is 0 Å². The van der Waals surface area contributed by atoms with Crippen molar-refractivity contribution in [2.45, 2.75) is 13.0 Å². The Balaban J connectivity index is 1.98. The maximum absolute atomic E-state index is 12.1. The van der Waals surface area contributed by atoms with E-state index in [4.69, 9.17) is 4.74 Å². The van der Waals surface area contributed by atoms with Crippen LogP contribution in [0.15, 0.2) is 24.3 Å². The van der Waals surface area contributed by atoms with Crippen LogP contribution in [0.5, 0.6) is 0 Å². The molecule has 1 atom stereocenters. The first-order valence-electron chi connectivity index (χ1n) is 5.77. The SMILES string of the molecule is CC1COCCN1CC(=O)c1ccc(I)cc1. The summed E-state index contributed by atoms with van der Waals surface area (Å²) >= 11 is 2.24. The molecule has 2 rings (SSSR count). The molecule has 0 N–H and O–H groups in total. The minimum Gasteiger partial charge on any atom is -0.379 e. The number of ether oxygens (including phenoxy) is 1. The third-order valence-electron chi connectivity index (χ3n) is 3.02. The van der Waals surface area contributed by atoms with E-state index in [2.05, 4.69) is 34.4 Å². The van der Waals surface area contributed by atoms with E-state index < -0.39 is 0 Å². The van der Waals surface area contributed by atoms with Gasteiger partial charge in [-0.2, -0.15) is 0 Å². The summed E-state index contributed by atoms with van der Waals surface area (Å²) < 4.78 is 6.51. The first-order chi connectivity index (χ1) is 8.16. The molecule has 0 saturated carbocycles. The average Bonchev–Trinajstić information content (AvgIpc) is 2.33. The number of halogens is 1. The van der Waals surface area contributed by atoms with Crippen molar-refractivity contribution < 1.29 is 9.53 Å².